The molecule has 1 unspecified atom stereocenters. The van der Waals surface area contributed by atoms with Crippen LogP contribution in [0, 0.1) is 0 Å². The summed E-state index contributed by atoms with van der Waals surface area (Å²) in [6.07, 6.45) is 2.98. The van der Waals surface area contributed by atoms with Crippen LogP contribution in [0.15, 0.2) is 91.5 Å². The van der Waals surface area contributed by atoms with E-state index in [1.807, 2.05) is 56.3 Å². The summed E-state index contributed by atoms with van der Waals surface area (Å²) in [6, 6.07) is 24.9. The van der Waals surface area contributed by atoms with Crippen molar-refractivity contribution in [2.24, 2.45) is 0 Å². The maximum absolute atomic E-state index is 11.8. The van der Waals surface area contributed by atoms with Crippen LogP contribution in [-0.4, -0.2) is 37.7 Å². The van der Waals surface area contributed by atoms with Crippen molar-refractivity contribution in [3.8, 4) is 22.6 Å². The minimum atomic E-state index is -1.43. The lowest BCUT2D eigenvalue weighted by atomic mass is 9.86. The zero-order valence-electron chi connectivity index (χ0n) is 18.6. The van der Waals surface area contributed by atoms with Gasteiger partial charge in [0.1, 0.15) is 36.4 Å². The first-order chi connectivity index (χ1) is 15.8. The van der Waals surface area contributed by atoms with Crippen LogP contribution in [0.5, 0.6) is 11.5 Å². The van der Waals surface area contributed by atoms with Crippen LogP contribution < -0.4 is 9.47 Å². The average Bonchev–Trinajstić information content (AvgIpc) is 3.33. The number of aliphatic hydroxyl groups is 1. The topological polar surface area (TPSA) is 69.4 Å². The van der Waals surface area contributed by atoms with Crippen molar-refractivity contribution in [2.75, 3.05) is 6.61 Å². The highest BCUT2D eigenvalue weighted by atomic mass is 35.5. The Morgan fingerprint density at radius 3 is 2.15 bits per heavy atom. The van der Waals surface area contributed by atoms with E-state index in [0.717, 1.165) is 11.1 Å². The summed E-state index contributed by atoms with van der Waals surface area (Å²) < 4.78 is 13.8. The minimum absolute atomic E-state index is 0.0157. The zero-order chi connectivity index (χ0) is 23.3. The monoisotopic (exact) mass is 463 g/mol. The minimum Gasteiger partial charge on any atom is -0.490 e. The molecule has 1 N–H and O–H groups in total. The van der Waals surface area contributed by atoms with E-state index in [0.29, 0.717) is 16.5 Å². The summed E-state index contributed by atoms with van der Waals surface area (Å²) in [4.78, 5) is 3.98. The predicted molar refractivity (Wildman–Crippen MR) is 129 cm³/mol. The van der Waals surface area contributed by atoms with Crippen molar-refractivity contribution in [2.45, 2.75) is 31.6 Å². The highest BCUT2D eigenvalue weighted by molar-refractivity contribution is 6.30. The third-order valence-electron chi connectivity index (χ3n) is 5.64. The van der Waals surface area contributed by atoms with Gasteiger partial charge in [0.05, 0.1) is 6.54 Å². The Kier molecular flexibility index (Phi) is 6.67. The van der Waals surface area contributed by atoms with Gasteiger partial charge in [0.15, 0.2) is 5.60 Å². The van der Waals surface area contributed by atoms with E-state index in [2.05, 4.69) is 22.2 Å². The smallest absolute Gasteiger partial charge is 0.157 e. The molecule has 0 saturated carbocycles. The van der Waals surface area contributed by atoms with Crippen molar-refractivity contribution < 1.29 is 14.6 Å². The van der Waals surface area contributed by atoms with Gasteiger partial charge in [-0.2, -0.15) is 5.10 Å². The molecule has 0 aliphatic carbocycles. The van der Waals surface area contributed by atoms with Crippen LogP contribution in [0.2, 0.25) is 5.02 Å². The van der Waals surface area contributed by atoms with Gasteiger partial charge in [-0.1, -0.05) is 54.1 Å². The summed E-state index contributed by atoms with van der Waals surface area (Å²) in [5.74, 6) is 1.24. The summed E-state index contributed by atoms with van der Waals surface area (Å²) >= 11 is 5.99. The van der Waals surface area contributed by atoms with Crippen molar-refractivity contribution in [1.29, 1.82) is 0 Å². The third-order valence-corrected chi connectivity index (χ3v) is 5.89. The molecule has 0 bridgehead atoms. The van der Waals surface area contributed by atoms with E-state index in [9.17, 15) is 5.11 Å². The maximum atomic E-state index is 11.8. The van der Waals surface area contributed by atoms with Crippen LogP contribution >= 0.6 is 11.6 Å². The summed E-state index contributed by atoms with van der Waals surface area (Å²) in [6.45, 7) is 3.76. The van der Waals surface area contributed by atoms with Crippen LogP contribution in [0.3, 0.4) is 0 Å². The maximum Gasteiger partial charge on any atom is 0.157 e. The largest absolute Gasteiger partial charge is 0.490 e. The van der Waals surface area contributed by atoms with Gasteiger partial charge in [-0.05, 0) is 61.4 Å². The van der Waals surface area contributed by atoms with Crippen LogP contribution in [0.25, 0.3) is 11.1 Å². The quantitative estimate of drug-likeness (QED) is 0.366. The standard InChI is InChI=1S/C26H26ClN3O3/c1-25(2,33-24-14-10-22(27)11-15-24)26(31,16-30-19-28-18-29-30)17-32-23-12-8-21(9-13-23)20-6-4-3-5-7-20/h3-15,18-19,31H,16-17H2,1-2H3. The van der Waals surface area contributed by atoms with E-state index in [-0.39, 0.29) is 13.2 Å². The van der Waals surface area contributed by atoms with E-state index in [1.54, 1.807) is 35.3 Å². The molecule has 0 aliphatic rings. The number of halogens is 1. The van der Waals surface area contributed by atoms with E-state index in [4.69, 9.17) is 21.1 Å². The Hall–Kier alpha value is -3.35. The molecule has 0 radical (unpaired) electrons. The predicted octanol–water partition coefficient (Wildman–Crippen LogP) is 5.27. The number of ether oxygens (including phenoxy) is 2. The third kappa shape index (κ3) is 5.53. The highest BCUT2D eigenvalue weighted by Crippen LogP contribution is 2.32. The Labute approximate surface area is 198 Å². The normalized spacial score (nSPS) is 13.3. The molecule has 0 aliphatic heterocycles. The van der Waals surface area contributed by atoms with Crippen LogP contribution in [0.4, 0.5) is 0 Å². The van der Waals surface area contributed by atoms with Gasteiger partial charge in [0, 0.05) is 5.02 Å². The van der Waals surface area contributed by atoms with Gasteiger partial charge >= 0.3 is 0 Å². The van der Waals surface area contributed by atoms with Gasteiger partial charge in [-0.25, -0.2) is 9.67 Å². The van der Waals surface area contributed by atoms with Crippen molar-refractivity contribution in [3.05, 3.63) is 96.5 Å². The van der Waals surface area contributed by atoms with Crippen molar-refractivity contribution in [1.82, 2.24) is 14.8 Å². The first kappa shape index (κ1) is 22.8. The molecule has 33 heavy (non-hydrogen) atoms. The van der Waals surface area contributed by atoms with E-state index >= 15 is 0 Å². The second-order valence-corrected chi connectivity index (χ2v) is 8.81. The van der Waals surface area contributed by atoms with Gasteiger partial charge < -0.3 is 14.6 Å². The van der Waals surface area contributed by atoms with E-state index < -0.39 is 11.2 Å². The molecule has 1 heterocycles. The lowest BCUT2D eigenvalue weighted by Crippen LogP contribution is -2.60. The zero-order valence-corrected chi connectivity index (χ0v) is 19.3. The van der Waals surface area contributed by atoms with Crippen LogP contribution in [0.1, 0.15) is 13.8 Å². The Balaban J connectivity index is 1.53. The molecule has 1 atom stereocenters. The highest BCUT2D eigenvalue weighted by Gasteiger charge is 2.47. The van der Waals surface area contributed by atoms with E-state index in [1.165, 1.54) is 6.33 Å². The average molecular weight is 464 g/mol. The number of hydrogen-bond acceptors (Lipinski definition) is 5. The fourth-order valence-electron chi connectivity index (χ4n) is 3.46. The molecule has 3 aromatic carbocycles. The van der Waals surface area contributed by atoms with Crippen LogP contribution in [-0.2, 0) is 6.54 Å². The number of rotatable bonds is 9. The Morgan fingerprint density at radius 1 is 0.879 bits per heavy atom. The lowest BCUT2D eigenvalue weighted by molar-refractivity contribution is -0.145. The van der Waals surface area contributed by atoms with Gasteiger partial charge in [0.25, 0.3) is 0 Å². The molecule has 4 rings (SSSR count). The molecule has 0 fully saturated rings. The summed E-state index contributed by atoms with van der Waals surface area (Å²) in [5.41, 5.74) is -0.244. The second-order valence-electron chi connectivity index (χ2n) is 8.37. The Bertz CT molecular complexity index is 1150. The molecule has 4 aromatic rings. The first-order valence-corrected chi connectivity index (χ1v) is 11.0. The van der Waals surface area contributed by atoms with Crippen molar-refractivity contribution in [3.63, 3.8) is 0 Å². The first-order valence-electron chi connectivity index (χ1n) is 10.6. The SMILES string of the molecule is CC(C)(Oc1ccc(Cl)cc1)C(O)(COc1ccc(-c2ccccc2)cc1)Cn1cncn1. The summed E-state index contributed by atoms with van der Waals surface area (Å²) in [7, 11) is 0. The molecule has 0 saturated heterocycles. The molecule has 7 heteroatoms. The fourth-order valence-corrected chi connectivity index (χ4v) is 3.59. The molecule has 0 amide bonds. The number of hydrogen-bond donors (Lipinski definition) is 1. The van der Waals surface area contributed by atoms with Crippen molar-refractivity contribution >= 4 is 11.6 Å². The van der Waals surface area contributed by atoms with Gasteiger partial charge in [-0.3, -0.25) is 0 Å². The van der Waals surface area contributed by atoms with Gasteiger partial charge in [0.2, 0.25) is 0 Å². The second kappa shape index (κ2) is 9.65. The molecular weight excluding hydrogens is 438 g/mol. The lowest BCUT2D eigenvalue weighted by Gasteiger charge is -2.42. The molecule has 170 valence electrons. The number of benzene rings is 3. The fraction of sp³-hybridized carbons (Fsp3) is 0.231. The number of aromatic nitrogens is 3. The molecule has 6 nitrogen and oxygen atoms in total. The Morgan fingerprint density at radius 2 is 1.52 bits per heavy atom. The summed E-state index contributed by atoms with van der Waals surface area (Å²) in [5, 5.41) is 16.5. The van der Waals surface area contributed by atoms with Gasteiger partial charge in [-0.15, -0.1) is 0 Å². The molecular formula is C26H26ClN3O3. The number of nitrogens with zero attached hydrogens (tertiary/aromatic N) is 3. The molecule has 1 aromatic heterocycles. The molecule has 0 spiro atoms.